The van der Waals surface area contributed by atoms with Gasteiger partial charge in [0, 0.05) is 32.1 Å². The number of rotatable bonds is 6. The Morgan fingerprint density at radius 2 is 1.94 bits per heavy atom. The number of amides is 1. The van der Waals surface area contributed by atoms with Crippen molar-refractivity contribution in [3.05, 3.63) is 86.5 Å². The van der Waals surface area contributed by atoms with Crippen LogP contribution in [0, 0.1) is 5.92 Å². The number of nitrogens with zero attached hydrogens (tertiary/aromatic N) is 4. The third kappa shape index (κ3) is 4.90. The van der Waals surface area contributed by atoms with Crippen molar-refractivity contribution in [1.29, 1.82) is 0 Å². The molecule has 1 aliphatic rings. The molecule has 10 heteroatoms. The molecule has 0 radical (unpaired) electrons. The van der Waals surface area contributed by atoms with Gasteiger partial charge in [0.2, 0.25) is 17.0 Å². The fraction of sp³-hybridized carbons (Fsp3) is 0.167. The Bertz CT molecular complexity index is 1350. The molecule has 1 amide bonds. The molecule has 3 heterocycles. The number of thioether (sulfide) groups is 1. The maximum absolute atomic E-state index is 13.4. The molecule has 5 rings (SSSR count). The van der Waals surface area contributed by atoms with Crippen molar-refractivity contribution in [2.45, 2.75) is 23.9 Å². The second kappa shape index (κ2) is 9.92. The lowest BCUT2D eigenvalue weighted by molar-refractivity contribution is -0.118. The van der Waals surface area contributed by atoms with E-state index in [0.717, 1.165) is 10.4 Å². The topological polar surface area (TPSA) is 72.2 Å². The van der Waals surface area contributed by atoms with Gasteiger partial charge < -0.3 is 5.32 Å². The molecule has 0 saturated heterocycles. The Kier molecular flexibility index (Phi) is 6.74. The summed E-state index contributed by atoms with van der Waals surface area (Å²) < 4.78 is 1.77. The van der Waals surface area contributed by atoms with Crippen LogP contribution in [0.2, 0.25) is 10.0 Å². The highest BCUT2D eigenvalue weighted by Gasteiger charge is 2.40. The van der Waals surface area contributed by atoms with Gasteiger partial charge in [-0.25, -0.2) is 9.67 Å². The monoisotopic (exact) mass is 527 g/mol. The van der Waals surface area contributed by atoms with Crippen LogP contribution in [0.25, 0.3) is 0 Å². The molecule has 34 heavy (non-hydrogen) atoms. The first-order valence-electron chi connectivity index (χ1n) is 10.5. The average Bonchev–Trinajstić information content (AvgIpc) is 3.48. The molecule has 2 aromatic carbocycles. The first-order valence-corrected chi connectivity index (χ1v) is 13.1. The van der Waals surface area contributed by atoms with Crippen LogP contribution >= 0.6 is 46.3 Å². The van der Waals surface area contributed by atoms with Crippen molar-refractivity contribution >= 4 is 69.6 Å². The Hall–Kier alpha value is -2.65. The number of carbonyl (C=O) groups excluding carboxylic acids is 1. The van der Waals surface area contributed by atoms with Crippen molar-refractivity contribution in [2.75, 3.05) is 5.32 Å². The number of anilines is 1. The molecule has 2 aromatic heterocycles. The van der Waals surface area contributed by atoms with E-state index in [1.165, 1.54) is 11.8 Å². The zero-order chi connectivity index (χ0) is 23.7. The molecule has 4 aromatic rings. The summed E-state index contributed by atoms with van der Waals surface area (Å²) in [7, 11) is 0. The van der Waals surface area contributed by atoms with Crippen LogP contribution in [-0.2, 0) is 10.5 Å². The first-order chi connectivity index (χ1) is 16.5. The summed E-state index contributed by atoms with van der Waals surface area (Å²) in [6.07, 6.45) is 0. The number of hydrogen-bond donors (Lipinski definition) is 1. The van der Waals surface area contributed by atoms with E-state index < -0.39 is 5.92 Å². The Morgan fingerprint density at radius 1 is 1.12 bits per heavy atom. The van der Waals surface area contributed by atoms with E-state index >= 15 is 0 Å². The minimum absolute atomic E-state index is 0.156. The number of aliphatic imine (C=N–C) groups is 1. The van der Waals surface area contributed by atoms with Gasteiger partial charge in [0.25, 0.3) is 0 Å². The second-order valence-corrected chi connectivity index (χ2v) is 10.5. The second-order valence-electron chi connectivity index (χ2n) is 7.74. The maximum atomic E-state index is 13.4. The number of fused-ring (bicyclic) bond motifs is 1. The number of carbonyl (C=O) groups is 1. The van der Waals surface area contributed by atoms with Gasteiger partial charge in [0.15, 0.2) is 0 Å². The van der Waals surface area contributed by atoms with E-state index in [-0.39, 0.29) is 11.9 Å². The Labute approximate surface area is 215 Å². The van der Waals surface area contributed by atoms with Gasteiger partial charge in [-0.05, 0) is 60.3 Å². The molecule has 0 aliphatic carbocycles. The highest BCUT2D eigenvalue weighted by atomic mass is 35.5. The summed E-state index contributed by atoms with van der Waals surface area (Å²) in [6.45, 7) is 1.86. The number of hydrogen-bond acceptors (Lipinski definition) is 6. The summed E-state index contributed by atoms with van der Waals surface area (Å²) in [5, 5.41) is 11.7. The molecular weight excluding hydrogens is 509 g/mol. The van der Waals surface area contributed by atoms with Gasteiger partial charge in [-0.1, -0.05) is 53.2 Å². The number of benzene rings is 2. The third-order valence-corrected chi connectivity index (χ3v) is 7.72. The lowest BCUT2D eigenvalue weighted by Crippen LogP contribution is -2.38. The Morgan fingerprint density at radius 3 is 2.68 bits per heavy atom. The normalized spacial score (nSPS) is 17.2. The van der Waals surface area contributed by atoms with Crippen molar-refractivity contribution in [1.82, 2.24) is 14.8 Å². The number of halogens is 2. The van der Waals surface area contributed by atoms with Crippen LogP contribution in [0.5, 0.6) is 0 Å². The van der Waals surface area contributed by atoms with E-state index in [4.69, 9.17) is 28.3 Å². The number of aromatic nitrogens is 3. The number of thiophene rings is 1. The van der Waals surface area contributed by atoms with Crippen LogP contribution < -0.4 is 5.32 Å². The molecule has 6 nitrogen and oxygen atoms in total. The van der Waals surface area contributed by atoms with E-state index in [1.807, 2.05) is 48.7 Å². The SMILES string of the molecule is CC1=Nc2nc(SCc3cccc(Cl)c3)nn2C(c2cccs2)C1C(=O)Nc1ccc(Cl)cc1. The van der Waals surface area contributed by atoms with E-state index in [2.05, 4.69) is 15.3 Å². The largest absolute Gasteiger partial charge is 0.325 e. The maximum Gasteiger partial charge on any atom is 0.249 e. The summed E-state index contributed by atoms with van der Waals surface area (Å²) in [4.78, 5) is 23.7. The van der Waals surface area contributed by atoms with E-state index in [1.54, 1.807) is 40.3 Å². The molecule has 0 spiro atoms. The van der Waals surface area contributed by atoms with Gasteiger partial charge in [0.1, 0.15) is 12.0 Å². The molecule has 0 fully saturated rings. The standard InChI is InChI=1S/C24H19Cl2N5OS2/c1-14-20(22(32)28-18-9-7-16(25)8-10-18)21(19-6-3-11-33-19)31-23(27-14)29-24(30-31)34-13-15-4-2-5-17(26)12-15/h2-12,20-21H,13H2,1H3,(H,28,32). The Balaban J connectivity index is 1.44. The van der Waals surface area contributed by atoms with Gasteiger partial charge in [-0.15, -0.1) is 16.4 Å². The summed E-state index contributed by atoms with van der Waals surface area (Å²) in [6, 6.07) is 18.4. The lowest BCUT2D eigenvalue weighted by Gasteiger charge is -2.29. The number of nitrogens with one attached hydrogen (secondary N) is 1. The minimum atomic E-state index is -0.533. The van der Waals surface area contributed by atoms with Crippen LogP contribution in [0.3, 0.4) is 0 Å². The smallest absolute Gasteiger partial charge is 0.249 e. The van der Waals surface area contributed by atoms with Crippen molar-refractivity contribution in [2.24, 2.45) is 10.9 Å². The summed E-state index contributed by atoms with van der Waals surface area (Å²) >= 11 is 15.2. The fourth-order valence-electron chi connectivity index (χ4n) is 3.82. The predicted octanol–water partition coefficient (Wildman–Crippen LogP) is 6.89. The average molecular weight is 528 g/mol. The molecule has 2 unspecified atom stereocenters. The first kappa shape index (κ1) is 23.1. The highest BCUT2D eigenvalue weighted by molar-refractivity contribution is 7.98. The molecule has 2 atom stereocenters. The summed E-state index contributed by atoms with van der Waals surface area (Å²) in [5.74, 6) is 0.488. The van der Waals surface area contributed by atoms with Crippen LogP contribution in [0.4, 0.5) is 11.6 Å². The van der Waals surface area contributed by atoms with E-state index in [0.29, 0.717) is 38.3 Å². The minimum Gasteiger partial charge on any atom is -0.325 e. The highest BCUT2D eigenvalue weighted by Crippen LogP contribution is 2.39. The quantitative estimate of drug-likeness (QED) is 0.277. The molecule has 0 bridgehead atoms. The molecular formula is C24H19Cl2N5OS2. The zero-order valence-electron chi connectivity index (χ0n) is 18.0. The van der Waals surface area contributed by atoms with Gasteiger partial charge in [-0.3, -0.25) is 4.79 Å². The molecule has 172 valence electrons. The van der Waals surface area contributed by atoms with Crippen molar-refractivity contribution in [3.63, 3.8) is 0 Å². The van der Waals surface area contributed by atoms with Crippen molar-refractivity contribution < 1.29 is 4.79 Å². The molecule has 1 N–H and O–H groups in total. The van der Waals surface area contributed by atoms with Crippen LogP contribution in [0.15, 0.2) is 76.2 Å². The van der Waals surface area contributed by atoms with E-state index in [9.17, 15) is 4.79 Å². The van der Waals surface area contributed by atoms with Crippen LogP contribution in [-0.4, -0.2) is 26.4 Å². The fourth-order valence-corrected chi connectivity index (χ4v) is 5.78. The summed E-state index contributed by atoms with van der Waals surface area (Å²) in [5.41, 5.74) is 2.45. The van der Waals surface area contributed by atoms with Gasteiger partial charge in [-0.2, -0.15) is 4.98 Å². The van der Waals surface area contributed by atoms with Gasteiger partial charge in [0.05, 0.1) is 0 Å². The molecule has 0 saturated carbocycles. The third-order valence-electron chi connectivity index (χ3n) is 5.39. The van der Waals surface area contributed by atoms with Crippen LogP contribution in [0.1, 0.15) is 23.4 Å². The predicted molar refractivity (Wildman–Crippen MR) is 140 cm³/mol. The zero-order valence-corrected chi connectivity index (χ0v) is 21.1. The lowest BCUT2D eigenvalue weighted by atomic mass is 9.91. The molecule has 1 aliphatic heterocycles. The van der Waals surface area contributed by atoms with Gasteiger partial charge >= 0.3 is 0 Å². The van der Waals surface area contributed by atoms with Crippen molar-refractivity contribution in [3.8, 4) is 0 Å².